The van der Waals surface area contributed by atoms with Gasteiger partial charge >= 0.3 is 0 Å². The molecule has 28 heavy (non-hydrogen) atoms. The molecule has 1 aromatic carbocycles. The zero-order chi connectivity index (χ0) is 19.3. The molecule has 7 nitrogen and oxygen atoms in total. The summed E-state index contributed by atoms with van der Waals surface area (Å²) in [7, 11) is 0. The van der Waals surface area contributed by atoms with Crippen molar-refractivity contribution in [3.05, 3.63) is 47.4 Å². The first-order valence-electron chi connectivity index (χ1n) is 9.43. The van der Waals surface area contributed by atoms with Gasteiger partial charge in [-0.1, -0.05) is 23.7 Å². The highest BCUT2D eigenvalue weighted by Crippen LogP contribution is 2.46. The van der Waals surface area contributed by atoms with E-state index in [1.54, 1.807) is 12.5 Å². The number of carbonyl (C=O) groups excluding carboxylic acids is 1. The SMILES string of the molecule is Nc1ccc(CC(=O)N2CCN(c3ncnc4[nH]cc(Cl)c34)CC23CC3)cc1. The second-order valence-electron chi connectivity index (χ2n) is 7.67. The lowest BCUT2D eigenvalue weighted by Gasteiger charge is -2.43. The minimum absolute atomic E-state index is 0.0940. The fraction of sp³-hybridized carbons (Fsp3) is 0.350. The number of piperazine rings is 1. The summed E-state index contributed by atoms with van der Waals surface area (Å²) >= 11 is 6.35. The predicted molar refractivity (Wildman–Crippen MR) is 109 cm³/mol. The maximum Gasteiger partial charge on any atom is 0.227 e. The minimum atomic E-state index is -0.0940. The first-order valence-corrected chi connectivity index (χ1v) is 9.81. The summed E-state index contributed by atoms with van der Waals surface area (Å²) in [6.07, 6.45) is 5.74. The smallest absolute Gasteiger partial charge is 0.227 e. The number of rotatable bonds is 3. The molecule has 5 rings (SSSR count). The van der Waals surface area contributed by atoms with Gasteiger partial charge in [0.15, 0.2) is 0 Å². The number of nitrogens with one attached hydrogen (secondary N) is 1. The van der Waals surface area contributed by atoms with E-state index in [1.807, 2.05) is 24.3 Å². The lowest BCUT2D eigenvalue weighted by Crippen LogP contribution is -2.57. The number of aromatic amines is 1. The molecule has 3 aromatic rings. The molecule has 0 bridgehead atoms. The van der Waals surface area contributed by atoms with Crippen LogP contribution in [-0.4, -0.2) is 50.9 Å². The molecular weight excluding hydrogens is 376 g/mol. The van der Waals surface area contributed by atoms with Gasteiger partial charge in [-0.15, -0.1) is 0 Å². The standard InChI is InChI=1S/C20H21ClN6O/c21-15-10-23-18-17(15)19(25-12-24-18)26-7-8-27(20(11-26)5-6-20)16(28)9-13-1-3-14(22)4-2-13/h1-4,10,12H,5-9,11,22H2,(H,23,24,25). The zero-order valence-corrected chi connectivity index (χ0v) is 16.1. The van der Waals surface area contributed by atoms with Gasteiger partial charge in [-0.25, -0.2) is 9.97 Å². The Bertz CT molecular complexity index is 1040. The number of nitrogens with zero attached hydrogens (tertiary/aromatic N) is 4. The van der Waals surface area contributed by atoms with E-state index in [9.17, 15) is 4.79 Å². The molecule has 3 N–H and O–H groups in total. The van der Waals surface area contributed by atoms with Crippen LogP contribution in [0.25, 0.3) is 11.0 Å². The summed E-state index contributed by atoms with van der Waals surface area (Å²) in [4.78, 5) is 29.1. The molecule has 0 atom stereocenters. The molecule has 144 valence electrons. The van der Waals surface area contributed by atoms with Crippen LogP contribution in [0.3, 0.4) is 0 Å². The monoisotopic (exact) mass is 396 g/mol. The van der Waals surface area contributed by atoms with Gasteiger partial charge < -0.3 is 20.5 Å². The highest BCUT2D eigenvalue weighted by molar-refractivity contribution is 6.36. The van der Waals surface area contributed by atoms with Crippen LogP contribution in [0.4, 0.5) is 11.5 Å². The van der Waals surface area contributed by atoms with Crippen molar-refractivity contribution in [1.82, 2.24) is 19.9 Å². The Kier molecular flexibility index (Phi) is 3.94. The number of nitrogen functional groups attached to an aromatic ring is 1. The van der Waals surface area contributed by atoms with Gasteiger partial charge in [0.25, 0.3) is 0 Å². The van der Waals surface area contributed by atoms with Crippen molar-refractivity contribution >= 4 is 40.0 Å². The molecule has 8 heteroatoms. The fourth-order valence-electron chi connectivity index (χ4n) is 4.17. The summed E-state index contributed by atoms with van der Waals surface area (Å²) in [5.74, 6) is 1.02. The lowest BCUT2D eigenvalue weighted by atomic mass is 10.1. The normalized spacial score (nSPS) is 18.0. The second kappa shape index (κ2) is 6.38. The van der Waals surface area contributed by atoms with E-state index >= 15 is 0 Å². The first kappa shape index (κ1) is 17.3. The van der Waals surface area contributed by atoms with Crippen LogP contribution in [0.2, 0.25) is 5.02 Å². The Hall–Kier alpha value is -2.80. The number of halogens is 1. The minimum Gasteiger partial charge on any atom is -0.399 e. The maximum atomic E-state index is 13.0. The van der Waals surface area contributed by atoms with Crippen molar-refractivity contribution < 1.29 is 4.79 Å². The fourth-order valence-corrected chi connectivity index (χ4v) is 4.40. The van der Waals surface area contributed by atoms with Crippen LogP contribution in [0.5, 0.6) is 0 Å². The van der Waals surface area contributed by atoms with E-state index in [0.717, 1.165) is 48.3 Å². The van der Waals surface area contributed by atoms with E-state index in [4.69, 9.17) is 17.3 Å². The third-order valence-electron chi connectivity index (χ3n) is 5.82. The Balaban J connectivity index is 1.36. The average molecular weight is 397 g/mol. The molecule has 2 aliphatic rings. The lowest BCUT2D eigenvalue weighted by molar-refractivity contribution is -0.134. The number of H-pyrrole nitrogens is 1. The second-order valence-corrected chi connectivity index (χ2v) is 8.07. The van der Waals surface area contributed by atoms with Crippen LogP contribution in [0.15, 0.2) is 36.8 Å². The predicted octanol–water partition coefficient (Wildman–Crippen LogP) is 2.62. The molecule has 1 saturated carbocycles. The summed E-state index contributed by atoms with van der Waals surface area (Å²) in [6.45, 7) is 2.18. The molecular formula is C20H21ClN6O. The van der Waals surface area contributed by atoms with Crippen molar-refractivity contribution in [1.29, 1.82) is 0 Å². The number of anilines is 2. The number of carbonyl (C=O) groups is 1. The summed E-state index contributed by atoms with van der Waals surface area (Å²) < 4.78 is 0. The number of nitrogens with two attached hydrogens (primary N) is 1. The summed E-state index contributed by atoms with van der Waals surface area (Å²) in [5, 5.41) is 1.47. The third-order valence-corrected chi connectivity index (χ3v) is 6.11. The van der Waals surface area contributed by atoms with Crippen molar-refractivity contribution in [2.75, 3.05) is 30.3 Å². The average Bonchev–Trinajstić information content (AvgIpc) is 3.35. The number of hydrogen-bond donors (Lipinski definition) is 2. The third kappa shape index (κ3) is 2.86. The molecule has 1 amide bonds. The maximum absolute atomic E-state index is 13.0. The molecule has 0 unspecified atom stereocenters. The molecule has 2 aromatic heterocycles. The topological polar surface area (TPSA) is 91.1 Å². The van der Waals surface area contributed by atoms with Gasteiger partial charge in [-0.05, 0) is 30.5 Å². The van der Waals surface area contributed by atoms with Gasteiger partial charge in [0.2, 0.25) is 5.91 Å². The number of fused-ring (bicyclic) bond motifs is 1. The molecule has 1 aliphatic heterocycles. The van der Waals surface area contributed by atoms with Gasteiger partial charge in [0.05, 0.1) is 22.4 Å². The molecule has 1 aliphatic carbocycles. The van der Waals surface area contributed by atoms with Crippen LogP contribution < -0.4 is 10.6 Å². The summed E-state index contributed by atoms with van der Waals surface area (Å²) in [5.41, 5.74) is 8.09. The number of aromatic nitrogens is 3. The van der Waals surface area contributed by atoms with Crippen molar-refractivity contribution in [3.63, 3.8) is 0 Å². The van der Waals surface area contributed by atoms with Crippen molar-refractivity contribution in [2.45, 2.75) is 24.8 Å². The Morgan fingerprint density at radius 1 is 1.21 bits per heavy atom. The highest BCUT2D eigenvalue weighted by Gasteiger charge is 2.53. The van der Waals surface area contributed by atoms with Crippen molar-refractivity contribution in [2.24, 2.45) is 0 Å². The molecule has 3 heterocycles. The molecule has 1 saturated heterocycles. The molecule has 2 fully saturated rings. The van der Waals surface area contributed by atoms with Gasteiger partial charge in [0.1, 0.15) is 17.8 Å². The largest absolute Gasteiger partial charge is 0.399 e. The Morgan fingerprint density at radius 3 is 2.75 bits per heavy atom. The number of amides is 1. The van der Waals surface area contributed by atoms with E-state index in [0.29, 0.717) is 23.7 Å². The number of benzene rings is 1. The van der Waals surface area contributed by atoms with Crippen molar-refractivity contribution in [3.8, 4) is 0 Å². The van der Waals surface area contributed by atoms with E-state index in [2.05, 4.69) is 24.8 Å². The van der Waals surface area contributed by atoms with E-state index in [-0.39, 0.29) is 11.4 Å². The van der Waals surface area contributed by atoms with Gasteiger partial charge in [-0.2, -0.15) is 0 Å². The Morgan fingerprint density at radius 2 is 2.00 bits per heavy atom. The number of hydrogen-bond acceptors (Lipinski definition) is 5. The van der Waals surface area contributed by atoms with Gasteiger partial charge in [0, 0.05) is 31.5 Å². The quantitative estimate of drug-likeness (QED) is 0.664. The van der Waals surface area contributed by atoms with E-state index < -0.39 is 0 Å². The molecule has 0 radical (unpaired) electrons. The van der Waals surface area contributed by atoms with Crippen LogP contribution in [0.1, 0.15) is 18.4 Å². The van der Waals surface area contributed by atoms with E-state index in [1.165, 1.54) is 0 Å². The molecule has 1 spiro atoms. The van der Waals surface area contributed by atoms with Gasteiger partial charge in [-0.3, -0.25) is 4.79 Å². The van der Waals surface area contributed by atoms with Crippen LogP contribution >= 0.6 is 11.6 Å². The highest BCUT2D eigenvalue weighted by atomic mass is 35.5. The zero-order valence-electron chi connectivity index (χ0n) is 15.4. The first-order chi connectivity index (χ1) is 13.6. The van der Waals surface area contributed by atoms with Crippen LogP contribution in [-0.2, 0) is 11.2 Å². The van der Waals surface area contributed by atoms with Crippen LogP contribution in [0, 0.1) is 0 Å². The Labute approximate surface area is 167 Å². The summed E-state index contributed by atoms with van der Waals surface area (Å²) in [6, 6.07) is 7.53.